The van der Waals surface area contributed by atoms with Crippen molar-refractivity contribution >= 4 is 5.97 Å². The number of esters is 1. The SMILES string of the molecule is CCCC(=O)OCC1OC(OC2C(CO)OC(OC3C(CO)OC(OC4C(CO)OC(O)C(O)C4O)C(O)C3O)C(O)C2O)C(O)C(O)C1OC1OC(C)C(NC2C=C(CO)C(O)C(O)C2O)C(O)C1O. The van der Waals surface area contributed by atoms with E-state index in [1.807, 2.05) is 0 Å². The number of hydrogen-bond donors (Lipinski definition) is 19. The van der Waals surface area contributed by atoms with E-state index in [0.717, 1.165) is 0 Å². The van der Waals surface area contributed by atoms with Crippen molar-refractivity contribution in [3.05, 3.63) is 11.6 Å². The van der Waals surface area contributed by atoms with Crippen LogP contribution in [0.2, 0.25) is 0 Å². The van der Waals surface area contributed by atoms with Gasteiger partial charge in [0.1, 0.15) is 135 Å². The van der Waals surface area contributed by atoms with E-state index < -0.39 is 217 Å². The molecule has 5 aliphatic heterocycles. The summed E-state index contributed by atoms with van der Waals surface area (Å²) in [5, 5.41) is 194. The quantitative estimate of drug-likeness (QED) is 0.0448. The smallest absolute Gasteiger partial charge is 0.305 e. The number of rotatable bonds is 18. The number of nitrogens with one attached hydrogen (secondary N) is 1. The van der Waals surface area contributed by atoms with Gasteiger partial charge in [-0.1, -0.05) is 13.0 Å². The van der Waals surface area contributed by atoms with E-state index in [2.05, 4.69) is 5.32 Å². The van der Waals surface area contributed by atoms with Gasteiger partial charge in [-0.25, -0.2) is 0 Å². The first-order valence-electron chi connectivity index (χ1n) is 23.1. The number of aliphatic hydroxyl groups excluding tert-OH is 18. The van der Waals surface area contributed by atoms with Crippen molar-refractivity contribution in [2.24, 2.45) is 0 Å². The summed E-state index contributed by atoms with van der Waals surface area (Å²) in [6.45, 7) is -1.09. The first kappa shape index (κ1) is 58.4. The molecule has 0 spiro atoms. The molecule has 5 heterocycles. The fourth-order valence-electron chi connectivity index (χ4n) is 9.23. The van der Waals surface area contributed by atoms with Crippen molar-refractivity contribution in [3.63, 3.8) is 0 Å². The van der Waals surface area contributed by atoms with Gasteiger partial charge in [-0.3, -0.25) is 4.79 Å². The molecule has 30 heteroatoms. The molecule has 0 amide bonds. The Bertz CT molecular complexity index is 1700. The van der Waals surface area contributed by atoms with Gasteiger partial charge in [0, 0.05) is 6.42 Å². The summed E-state index contributed by atoms with van der Waals surface area (Å²) in [6.07, 6.45) is -47.8. The summed E-state index contributed by atoms with van der Waals surface area (Å²) in [5.41, 5.74) is -0.0296. The summed E-state index contributed by atoms with van der Waals surface area (Å²) in [4.78, 5) is 12.5. The second-order valence-electron chi connectivity index (χ2n) is 18.2. The van der Waals surface area contributed by atoms with Crippen molar-refractivity contribution in [2.75, 3.05) is 33.0 Å². The maximum atomic E-state index is 12.5. The van der Waals surface area contributed by atoms with Gasteiger partial charge < -0.3 is 145 Å². The van der Waals surface area contributed by atoms with Crippen LogP contribution in [0.15, 0.2) is 11.6 Å². The molecule has 5 fully saturated rings. The van der Waals surface area contributed by atoms with Crippen molar-refractivity contribution in [3.8, 4) is 0 Å². The molecule has 5 saturated heterocycles. The van der Waals surface area contributed by atoms with Gasteiger partial charge >= 0.3 is 5.97 Å². The van der Waals surface area contributed by atoms with Crippen molar-refractivity contribution in [2.45, 2.75) is 205 Å². The van der Waals surface area contributed by atoms with Crippen molar-refractivity contribution in [1.29, 1.82) is 0 Å². The van der Waals surface area contributed by atoms with Gasteiger partial charge in [-0.15, -0.1) is 0 Å². The maximum absolute atomic E-state index is 12.5. The van der Waals surface area contributed by atoms with E-state index in [1.54, 1.807) is 6.92 Å². The van der Waals surface area contributed by atoms with Crippen LogP contribution >= 0.6 is 0 Å². The number of aliphatic hydroxyl groups is 18. The molecule has 71 heavy (non-hydrogen) atoms. The molecule has 0 aromatic carbocycles. The highest BCUT2D eigenvalue weighted by molar-refractivity contribution is 5.69. The van der Waals surface area contributed by atoms with Crippen molar-refractivity contribution < 1.29 is 144 Å². The molecule has 29 atom stereocenters. The molecule has 412 valence electrons. The summed E-state index contributed by atoms with van der Waals surface area (Å²) >= 11 is 0. The lowest BCUT2D eigenvalue weighted by atomic mass is 9.86. The summed E-state index contributed by atoms with van der Waals surface area (Å²) in [7, 11) is 0. The lowest BCUT2D eigenvalue weighted by Gasteiger charge is -2.49. The Labute approximate surface area is 404 Å². The average Bonchev–Trinajstić information content (AvgIpc) is 3.35. The zero-order chi connectivity index (χ0) is 52.3. The topological polar surface area (TPSA) is 486 Å². The highest BCUT2D eigenvalue weighted by Crippen LogP contribution is 2.36. The van der Waals surface area contributed by atoms with E-state index in [1.165, 1.54) is 13.0 Å². The molecular formula is C41H69NO29. The molecular weight excluding hydrogens is 970 g/mol. The lowest BCUT2D eigenvalue weighted by molar-refractivity contribution is -0.391. The molecule has 19 N–H and O–H groups in total. The molecule has 1 aliphatic carbocycles. The number of carbonyl (C=O) groups excluding carboxylic acids is 1. The summed E-state index contributed by atoms with van der Waals surface area (Å²) < 4.78 is 56.3. The minimum absolute atomic E-state index is 0.0296. The average molecular weight is 1040 g/mol. The molecule has 0 radical (unpaired) electrons. The Hall–Kier alpha value is -1.91. The minimum atomic E-state index is -2.16. The van der Waals surface area contributed by atoms with Crippen molar-refractivity contribution in [1.82, 2.24) is 5.32 Å². The fraction of sp³-hybridized carbons (Fsp3) is 0.927. The van der Waals surface area contributed by atoms with E-state index in [9.17, 15) is 96.7 Å². The molecule has 29 unspecified atom stereocenters. The van der Waals surface area contributed by atoms with Crippen LogP contribution in [0, 0.1) is 0 Å². The standard InChI is InChI=1S/C41H69NO29/c1-3-4-18(47)62-10-17-36(71-38-29(57)22(50)19(11(2)63-38)42-13-5-12(6-43)20(48)23(51)21(13)49)27(55)32(60)41(67-17)70-35-16(9-46)66-40(31(59)26(35)54)69-34-15(8-45)65-39(30(58)25(34)53)68-33-14(7-44)64-37(61)28(56)24(33)52/h5,11,13-17,19-46,48-61H,3-4,6-10H2,1-2H3. The second-order valence-corrected chi connectivity index (χ2v) is 18.2. The number of ether oxygens (including phenoxy) is 10. The van der Waals surface area contributed by atoms with Crippen LogP contribution in [0.25, 0.3) is 0 Å². The predicted molar refractivity (Wildman–Crippen MR) is 222 cm³/mol. The monoisotopic (exact) mass is 1040 g/mol. The first-order chi connectivity index (χ1) is 33.6. The van der Waals surface area contributed by atoms with Gasteiger partial charge in [0.15, 0.2) is 31.5 Å². The lowest BCUT2D eigenvalue weighted by Crippen LogP contribution is -2.69. The van der Waals surface area contributed by atoms with Gasteiger partial charge in [0.25, 0.3) is 0 Å². The fourth-order valence-corrected chi connectivity index (χ4v) is 9.23. The largest absolute Gasteiger partial charge is 0.463 e. The van der Waals surface area contributed by atoms with E-state index in [4.69, 9.17) is 47.4 Å². The Morgan fingerprint density at radius 2 is 0.930 bits per heavy atom. The molecule has 0 saturated carbocycles. The van der Waals surface area contributed by atoms with Crippen LogP contribution in [0.4, 0.5) is 0 Å². The Kier molecular flexibility index (Phi) is 20.8. The zero-order valence-electron chi connectivity index (χ0n) is 38.3. The Balaban J connectivity index is 1.12. The third-order valence-corrected chi connectivity index (χ3v) is 13.4. The highest BCUT2D eigenvalue weighted by Gasteiger charge is 2.57. The first-order valence-corrected chi connectivity index (χ1v) is 23.1. The summed E-state index contributed by atoms with van der Waals surface area (Å²) in [5.74, 6) is -0.729. The van der Waals surface area contributed by atoms with Crippen LogP contribution in [0.3, 0.4) is 0 Å². The predicted octanol–water partition coefficient (Wildman–Crippen LogP) is -11.6. The second kappa shape index (κ2) is 25.3. The Morgan fingerprint density at radius 3 is 1.38 bits per heavy atom. The highest BCUT2D eigenvalue weighted by atomic mass is 16.8. The van der Waals surface area contributed by atoms with Gasteiger partial charge in [-0.2, -0.15) is 0 Å². The van der Waals surface area contributed by atoms with Crippen LogP contribution in [0.1, 0.15) is 26.7 Å². The number of carbonyl (C=O) groups is 1. The summed E-state index contributed by atoms with van der Waals surface area (Å²) in [6, 6.07) is -2.36. The van der Waals surface area contributed by atoms with E-state index in [-0.39, 0.29) is 12.0 Å². The molecule has 0 aromatic heterocycles. The van der Waals surface area contributed by atoms with Gasteiger partial charge in [-0.05, 0) is 18.9 Å². The molecule has 0 bridgehead atoms. The normalized spacial score (nSPS) is 49.8. The number of hydrogen-bond acceptors (Lipinski definition) is 30. The Morgan fingerprint density at radius 1 is 0.521 bits per heavy atom. The van der Waals surface area contributed by atoms with Crippen LogP contribution < -0.4 is 5.32 Å². The van der Waals surface area contributed by atoms with E-state index >= 15 is 0 Å². The van der Waals surface area contributed by atoms with E-state index in [0.29, 0.717) is 6.42 Å². The molecule has 6 aliphatic rings. The van der Waals surface area contributed by atoms with Gasteiger partial charge in [0.2, 0.25) is 0 Å². The van der Waals surface area contributed by atoms with Crippen LogP contribution in [0.5, 0.6) is 0 Å². The third-order valence-electron chi connectivity index (χ3n) is 13.4. The minimum Gasteiger partial charge on any atom is -0.463 e. The molecule has 0 aromatic rings. The van der Waals surface area contributed by atoms with Crippen LogP contribution in [-0.4, -0.2) is 309 Å². The van der Waals surface area contributed by atoms with Crippen LogP contribution in [-0.2, 0) is 52.2 Å². The molecule has 30 nitrogen and oxygen atoms in total. The van der Waals surface area contributed by atoms with Gasteiger partial charge in [0.05, 0.1) is 44.6 Å². The zero-order valence-corrected chi connectivity index (χ0v) is 38.3. The molecule has 6 rings (SSSR count). The maximum Gasteiger partial charge on any atom is 0.305 e. The third kappa shape index (κ3) is 12.5.